The molecule has 1 heterocycles. The van der Waals surface area contributed by atoms with Crippen LogP contribution < -0.4 is 16.0 Å². The topological polar surface area (TPSA) is 124 Å². The molecule has 1 aliphatic carbocycles. The third-order valence-electron chi connectivity index (χ3n) is 6.12. The third-order valence-corrected chi connectivity index (χ3v) is 7.05. The monoisotopic (exact) mass is 454 g/mol. The van der Waals surface area contributed by atoms with Gasteiger partial charge in [0.1, 0.15) is 0 Å². The predicted molar refractivity (Wildman–Crippen MR) is 121 cm³/mol. The number of sulfonamides is 1. The second-order valence-corrected chi connectivity index (χ2v) is 9.91. The Balaban J connectivity index is 1.28. The van der Waals surface area contributed by atoms with Gasteiger partial charge in [-0.2, -0.15) is 0 Å². The van der Waals surface area contributed by atoms with E-state index in [4.69, 9.17) is 5.14 Å². The van der Waals surface area contributed by atoms with Gasteiger partial charge in [-0.15, -0.1) is 0 Å². The molecule has 1 fully saturated rings. The molecule has 1 saturated carbocycles. The van der Waals surface area contributed by atoms with Crippen molar-refractivity contribution >= 4 is 26.8 Å². The van der Waals surface area contributed by atoms with Gasteiger partial charge >= 0.3 is 0 Å². The second-order valence-electron chi connectivity index (χ2n) is 8.34. The van der Waals surface area contributed by atoms with Crippen molar-refractivity contribution in [1.29, 1.82) is 0 Å². The molecule has 168 valence electrons. The minimum Gasteiger partial charge on any atom is -0.352 e. The van der Waals surface area contributed by atoms with Crippen molar-refractivity contribution in [1.82, 2.24) is 14.9 Å². The number of carbonyl (C=O) groups is 1. The Hall–Kier alpha value is -3.04. The highest BCUT2D eigenvalue weighted by molar-refractivity contribution is 7.89. The van der Waals surface area contributed by atoms with Crippen molar-refractivity contribution in [3.05, 3.63) is 70.8 Å². The van der Waals surface area contributed by atoms with Crippen LogP contribution >= 0.6 is 0 Å². The van der Waals surface area contributed by atoms with Crippen LogP contribution in [0.1, 0.15) is 31.2 Å². The van der Waals surface area contributed by atoms with Crippen molar-refractivity contribution in [2.75, 3.05) is 0 Å². The molecule has 0 aliphatic heterocycles. The van der Waals surface area contributed by atoms with Crippen LogP contribution in [0.25, 0.3) is 10.9 Å². The Labute approximate surface area is 186 Å². The molecule has 0 bridgehead atoms. The molecule has 9 heteroatoms. The lowest BCUT2D eigenvalue weighted by Crippen LogP contribution is -2.34. The van der Waals surface area contributed by atoms with E-state index in [2.05, 4.69) is 10.3 Å². The molecule has 1 aromatic heterocycles. The fourth-order valence-corrected chi connectivity index (χ4v) is 4.77. The Morgan fingerprint density at radius 2 is 1.75 bits per heavy atom. The molecule has 1 amide bonds. The number of rotatable bonds is 6. The van der Waals surface area contributed by atoms with E-state index in [0.717, 1.165) is 31.2 Å². The Kier molecular flexibility index (Phi) is 6.38. The van der Waals surface area contributed by atoms with Gasteiger partial charge in [-0.05, 0) is 61.4 Å². The zero-order chi connectivity index (χ0) is 22.7. The number of nitrogens with one attached hydrogen (secondary N) is 1. The van der Waals surface area contributed by atoms with Gasteiger partial charge in [-0.1, -0.05) is 24.3 Å². The quantitative estimate of drug-likeness (QED) is 0.591. The number of fused-ring (bicyclic) bond motifs is 1. The number of aromatic nitrogens is 2. The first-order chi connectivity index (χ1) is 15.3. The van der Waals surface area contributed by atoms with Gasteiger partial charge in [-0.25, -0.2) is 18.5 Å². The van der Waals surface area contributed by atoms with Crippen LogP contribution in [0.4, 0.5) is 0 Å². The van der Waals surface area contributed by atoms with E-state index in [-0.39, 0.29) is 22.3 Å². The summed E-state index contributed by atoms with van der Waals surface area (Å²) in [7, 11) is -3.72. The highest BCUT2D eigenvalue weighted by atomic mass is 32.2. The van der Waals surface area contributed by atoms with Crippen LogP contribution in [-0.2, 0) is 27.9 Å². The molecule has 0 radical (unpaired) electrons. The van der Waals surface area contributed by atoms with E-state index >= 15 is 0 Å². The van der Waals surface area contributed by atoms with Gasteiger partial charge in [0.15, 0.2) is 0 Å². The van der Waals surface area contributed by atoms with Gasteiger partial charge in [0, 0.05) is 19.0 Å². The molecule has 1 aliphatic rings. The molecule has 0 saturated heterocycles. The minimum atomic E-state index is -3.72. The standard InChI is InChI=1S/C23H26N4O4S/c24-32(30,31)19-11-7-16(8-12-19)13-25-22(28)18-9-5-17(6-10-18)14-27-15-26-21-4-2-1-3-20(21)23(27)29/h1-4,7-8,11-12,15,17-18H,5-6,9-10,13-14H2,(H,25,28)(H2,24,30,31). The summed E-state index contributed by atoms with van der Waals surface area (Å²) in [5.74, 6) is 0.287. The minimum absolute atomic E-state index is 0.00325. The number of nitrogens with zero attached hydrogens (tertiary/aromatic N) is 2. The lowest BCUT2D eigenvalue weighted by Gasteiger charge is -2.28. The SMILES string of the molecule is NS(=O)(=O)c1ccc(CNC(=O)C2CCC(Cn3cnc4ccccc4c3=O)CC2)cc1. The summed E-state index contributed by atoms with van der Waals surface area (Å²) < 4.78 is 24.3. The number of nitrogens with two attached hydrogens (primary N) is 1. The molecule has 8 nitrogen and oxygen atoms in total. The number of para-hydroxylation sites is 1. The zero-order valence-electron chi connectivity index (χ0n) is 17.6. The van der Waals surface area contributed by atoms with Crippen molar-refractivity contribution in [3.8, 4) is 0 Å². The fraction of sp³-hybridized carbons (Fsp3) is 0.348. The summed E-state index contributed by atoms with van der Waals surface area (Å²) in [6.07, 6.45) is 4.92. The Morgan fingerprint density at radius 1 is 1.06 bits per heavy atom. The van der Waals surface area contributed by atoms with Gasteiger partial charge < -0.3 is 5.32 Å². The number of hydrogen-bond donors (Lipinski definition) is 2. The summed E-state index contributed by atoms with van der Waals surface area (Å²) in [6.45, 7) is 0.948. The fourth-order valence-electron chi connectivity index (χ4n) is 4.25. The van der Waals surface area contributed by atoms with E-state index in [1.807, 2.05) is 18.2 Å². The summed E-state index contributed by atoms with van der Waals surface area (Å²) in [5.41, 5.74) is 1.49. The van der Waals surface area contributed by atoms with Crippen LogP contribution in [-0.4, -0.2) is 23.9 Å². The predicted octanol–water partition coefficient (Wildman–Crippen LogP) is 2.17. The summed E-state index contributed by atoms with van der Waals surface area (Å²) in [6, 6.07) is 13.5. The summed E-state index contributed by atoms with van der Waals surface area (Å²) in [4.78, 5) is 29.7. The van der Waals surface area contributed by atoms with Crippen LogP contribution in [0.15, 0.2) is 64.5 Å². The van der Waals surface area contributed by atoms with Gasteiger partial charge in [0.2, 0.25) is 15.9 Å². The Morgan fingerprint density at radius 3 is 2.44 bits per heavy atom. The molecule has 0 atom stereocenters. The van der Waals surface area contributed by atoms with Gasteiger partial charge in [-0.3, -0.25) is 14.2 Å². The smallest absolute Gasteiger partial charge is 0.261 e. The maximum Gasteiger partial charge on any atom is 0.261 e. The number of hydrogen-bond acceptors (Lipinski definition) is 5. The normalized spacial score (nSPS) is 19.0. The largest absolute Gasteiger partial charge is 0.352 e. The molecule has 32 heavy (non-hydrogen) atoms. The van der Waals surface area contributed by atoms with Crippen molar-refractivity contribution in [3.63, 3.8) is 0 Å². The average molecular weight is 455 g/mol. The lowest BCUT2D eigenvalue weighted by atomic mass is 9.81. The average Bonchev–Trinajstić information content (AvgIpc) is 2.80. The zero-order valence-corrected chi connectivity index (χ0v) is 18.4. The first-order valence-corrected chi connectivity index (χ1v) is 12.2. The molecule has 3 aromatic rings. The maximum absolute atomic E-state index is 12.7. The molecule has 4 rings (SSSR count). The maximum atomic E-state index is 12.7. The third kappa shape index (κ3) is 5.05. The van der Waals surface area contributed by atoms with Crippen LogP contribution in [0.5, 0.6) is 0 Å². The van der Waals surface area contributed by atoms with Gasteiger partial charge in [0.05, 0.1) is 22.1 Å². The summed E-state index contributed by atoms with van der Waals surface area (Å²) >= 11 is 0. The number of carbonyl (C=O) groups excluding carboxylic acids is 1. The lowest BCUT2D eigenvalue weighted by molar-refractivity contribution is -0.126. The molecular formula is C23H26N4O4S. The van der Waals surface area contributed by atoms with Crippen LogP contribution in [0, 0.1) is 11.8 Å². The van der Waals surface area contributed by atoms with E-state index < -0.39 is 10.0 Å². The molecule has 0 unspecified atom stereocenters. The first-order valence-electron chi connectivity index (χ1n) is 10.6. The first kappa shape index (κ1) is 22.2. The van der Waals surface area contributed by atoms with E-state index in [9.17, 15) is 18.0 Å². The highest BCUT2D eigenvalue weighted by Crippen LogP contribution is 2.30. The Bertz CT molecular complexity index is 1280. The molecular weight excluding hydrogens is 428 g/mol. The van der Waals surface area contributed by atoms with Crippen molar-refractivity contribution < 1.29 is 13.2 Å². The van der Waals surface area contributed by atoms with Crippen LogP contribution in [0.2, 0.25) is 0 Å². The number of primary sulfonamides is 1. The molecule has 0 spiro atoms. The van der Waals surface area contributed by atoms with E-state index in [1.54, 1.807) is 29.1 Å². The molecule has 3 N–H and O–H groups in total. The van der Waals surface area contributed by atoms with E-state index in [1.165, 1.54) is 12.1 Å². The second kappa shape index (κ2) is 9.22. The van der Waals surface area contributed by atoms with Crippen molar-refractivity contribution in [2.24, 2.45) is 17.0 Å². The van der Waals surface area contributed by atoms with Crippen LogP contribution in [0.3, 0.4) is 0 Å². The molecule has 2 aromatic carbocycles. The van der Waals surface area contributed by atoms with Crippen molar-refractivity contribution in [2.45, 2.75) is 43.7 Å². The number of benzene rings is 2. The summed E-state index contributed by atoms with van der Waals surface area (Å²) in [5, 5.41) is 8.66. The number of amides is 1. The van der Waals surface area contributed by atoms with Gasteiger partial charge in [0.25, 0.3) is 5.56 Å². The van der Waals surface area contributed by atoms with E-state index in [0.29, 0.717) is 29.9 Å². The highest BCUT2D eigenvalue weighted by Gasteiger charge is 2.26.